The molecule has 1 heteroatoms. The lowest BCUT2D eigenvalue weighted by Crippen LogP contribution is -1.97. The maximum atomic E-state index is 9.88. The second-order valence-electron chi connectivity index (χ2n) is 3.92. The fraction of sp³-hybridized carbons (Fsp3) is 0.429. The Morgan fingerprint density at radius 1 is 1.33 bits per heavy atom. The van der Waals surface area contributed by atoms with Crippen LogP contribution in [-0.2, 0) is 0 Å². The standard InChI is InChI=1S/C14H20O/c1-3-12(2)8-7-11-14(15)13-9-5-4-6-10-13/h4-6,9-10,14-15H,2-3,7-8,11H2,1H3. The highest BCUT2D eigenvalue weighted by atomic mass is 16.3. The zero-order valence-electron chi connectivity index (χ0n) is 9.45. The average Bonchev–Trinajstić information content (AvgIpc) is 2.29. The molecular formula is C14H20O. The lowest BCUT2D eigenvalue weighted by Gasteiger charge is -2.10. The van der Waals surface area contributed by atoms with E-state index in [2.05, 4.69) is 13.5 Å². The monoisotopic (exact) mass is 204 g/mol. The van der Waals surface area contributed by atoms with E-state index in [1.807, 2.05) is 30.3 Å². The lowest BCUT2D eigenvalue weighted by atomic mass is 10.0. The van der Waals surface area contributed by atoms with Crippen LogP contribution < -0.4 is 0 Å². The minimum Gasteiger partial charge on any atom is -0.388 e. The summed E-state index contributed by atoms with van der Waals surface area (Å²) >= 11 is 0. The third-order valence-corrected chi connectivity index (χ3v) is 2.69. The number of aliphatic hydroxyl groups is 1. The first-order valence-corrected chi connectivity index (χ1v) is 5.63. The third-order valence-electron chi connectivity index (χ3n) is 2.69. The Labute approximate surface area is 92.5 Å². The molecule has 1 atom stereocenters. The number of hydrogen-bond donors (Lipinski definition) is 1. The Balaban J connectivity index is 2.31. The van der Waals surface area contributed by atoms with Gasteiger partial charge < -0.3 is 5.11 Å². The van der Waals surface area contributed by atoms with Crippen LogP contribution in [0.25, 0.3) is 0 Å². The number of aliphatic hydroxyl groups excluding tert-OH is 1. The van der Waals surface area contributed by atoms with Crippen LogP contribution >= 0.6 is 0 Å². The minimum atomic E-state index is -0.323. The molecule has 1 rings (SSSR count). The van der Waals surface area contributed by atoms with E-state index in [1.54, 1.807) is 0 Å². The highest BCUT2D eigenvalue weighted by Crippen LogP contribution is 2.20. The van der Waals surface area contributed by atoms with Crippen molar-refractivity contribution in [3.63, 3.8) is 0 Å². The molecular weight excluding hydrogens is 184 g/mol. The van der Waals surface area contributed by atoms with Gasteiger partial charge in [0.05, 0.1) is 6.10 Å². The molecule has 1 aromatic carbocycles. The van der Waals surface area contributed by atoms with Crippen LogP contribution in [0.15, 0.2) is 42.5 Å². The Bertz CT molecular complexity index is 289. The summed E-state index contributed by atoms with van der Waals surface area (Å²) in [5, 5.41) is 9.88. The predicted octanol–water partition coefficient (Wildman–Crippen LogP) is 3.86. The maximum absolute atomic E-state index is 9.88. The molecule has 0 heterocycles. The van der Waals surface area contributed by atoms with Crippen molar-refractivity contribution in [2.75, 3.05) is 0 Å². The third kappa shape index (κ3) is 4.30. The van der Waals surface area contributed by atoms with Crippen molar-refractivity contribution in [1.82, 2.24) is 0 Å². The highest BCUT2D eigenvalue weighted by molar-refractivity contribution is 5.17. The van der Waals surface area contributed by atoms with Crippen LogP contribution in [0.4, 0.5) is 0 Å². The first-order chi connectivity index (χ1) is 7.24. The molecule has 15 heavy (non-hydrogen) atoms. The second kappa shape index (κ2) is 6.41. The molecule has 0 aliphatic rings. The van der Waals surface area contributed by atoms with E-state index >= 15 is 0 Å². The van der Waals surface area contributed by atoms with Crippen LogP contribution in [0.3, 0.4) is 0 Å². The number of allylic oxidation sites excluding steroid dienone is 1. The smallest absolute Gasteiger partial charge is 0.0790 e. The molecule has 0 saturated heterocycles. The van der Waals surface area contributed by atoms with Crippen LogP contribution in [-0.4, -0.2) is 5.11 Å². The van der Waals surface area contributed by atoms with Gasteiger partial charge in [0, 0.05) is 0 Å². The normalized spacial score (nSPS) is 12.4. The number of benzene rings is 1. The highest BCUT2D eigenvalue weighted by Gasteiger charge is 2.05. The van der Waals surface area contributed by atoms with Gasteiger partial charge in [-0.1, -0.05) is 49.4 Å². The molecule has 0 aliphatic carbocycles. The van der Waals surface area contributed by atoms with Gasteiger partial charge in [-0.25, -0.2) is 0 Å². The predicted molar refractivity (Wildman–Crippen MR) is 64.7 cm³/mol. The van der Waals surface area contributed by atoms with Gasteiger partial charge >= 0.3 is 0 Å². The Hall–Kier alpha value is -1.08. The molecule has 1 N–H and O–H groups in total. The molecule has 1 unspecified atom stereocenters. The van der Waals surface area contributed by atoms with Gasteiger partial charge in [0.1, 0.15) is 0 Å². The molecule has 0 aliphatic heterocycles. The van der Waals surface area contributed by atoms with E-state index in [0.717, 1.165) is 31.2 Å². The molecule has 82 valence electrons. The molecule has 0 amide bonds. The molecule has 0 spiro atoms. The summed E-state index contributed by atoms with van der Waals surface area (Å²) in [6, 6.07) is 9.83. The molecule has 1 aromatic rings. The Morgan fingerprint density at radius 2 is 2.00 bits per heavy atom. The quantitative estimate of drug-likeness (QED) is 0.698. The van der Waals surface area contributed by atoms with E-state index in [0.29, 0.717) is 0 Å². The molecule has 0 fully saturated rings. The van der Waals surface area contributed by atoms with Crippen molar-refractivity contribution in [3.05, 3.63) is 48.0 Å². The van der Waals surface area contributed by atoms with Crippen molar-refractivity contribution in [2.24, 2.45) is 0 Å². The van der Waals surface area contributed by atoms with Gasteiger partial charge in [0.15, 0.2) is 0 Å². The fourth-order valence-electron chi connectivity index (χ4n) is 1.56. The zero-order valence-corrected chi connectivity index (χ0v) is 9.45. The maximum Gasteiger partial charge on any atom is 0.0790 e. The van der Waals surface area contributed by atoms with Crippen molar-refractivity contribution in [1.29, 1.82) is 0 Å². The summed E-state index contributed by atoms with van der Waals surface area (Å²) in [5.41, 5.74) is 2.29. The molecule has 0 saturated carbocycles. The average molecular weight is 204 g/mol. The Morgan fingerprint density at radius 3 is 2.60 bits per heavy atom. The van der Waals surface area contributed by atoms with Crippen LogP contribution in [0.1, 0.15) is 44.3 Å². The van der Waals surface area contributed by atoms with Gasteiger partial charge in [0.2, 0.25) is 0 Å². The van der Waals surface area contributed by atoms with E-state index in [9.17, 15) is 5.11 Å². The van der Waals surface area contributed by atoms with Gasteiger partial charge in [0.25, 0.3) is 0 Å². The molecule has 0 bridgehead atoms. The van der Waals surface area contributed by atoms with Crippen LogP contribution in [0.2, 0.25) is 0 Å². The first kappa shape index (κ1) is 12.0. The lowest BCUT2D eigenvalue weighted by molar-refractivity contribution is 0.164. The number of hydrogen-bond acceptors (Lipinski definition) is 1. The van der Waals surface area contributed by atoms with Gasteiger partial charge in [-0.2, -0.15) is 0 Å². The van der Waals surface area contributed by atoms with Gasteiger partial charge in [-0.15, -0.1) is 0 Å². The van der Waals surface area contributed by atoms with E-state index in [1.165, 1.54) is 5.57 Å². The van der Waals surface area contributed by atoms with Gasteiger partial charge in [-0.05, 0) is 31.2 Å². The van der Waals surface area contributed by atoms with Crippen LogP contribution in [0.5, 0.6) is 0 Å². The van der Waals surface area contributed by atoms with Crippen LogP contribution in [0, 0.1) is 0 Å². The summed E-state index contributed by atoms with van der Waals surface area (Å²) in [5.74, 6) is 0. The first-order valence-electron chi connectivity index (χ1n) is 5.63. The minimum absolute atomic E-state index is 0.323. The van der Waals surface area contributed by atoms with E-state index in [4.69, 9.17) is 0 Å². The fourth-order valence-corrected chi connectivity index (χ4v) is 1.56. The van der Waals surface area contributed by atoms with E-state index < -0.39 is 0 Å². The molecule has 0 radical (unpaired) electrons. The SMILES string of the molecule is C=C(CC)CCCC(O)c1ccccc1. The second-order valence-corrected chi connectivity index (χ2v) is 3.92. The summed E-state index contributed by atoms with van der Waals surface area (Å²) < 4.78 is 0. The molecule has 0 aromatic heterocycles. The van der Waals surface area contributed by atoms with Crippen molar-refractivity contribution in [2.45, 2.75) is 38.7 Å². The largest absolute Gasteiger partial charge is 0.388 e. The Kier molecular flexibility index (Phi) is 5.13. The van der Waals surface area contributed by atoms with Gasteiger partial charge in [-0.3, -0.25) is 0 Å². The van der Waals surface area contributed by atoms with Crippen molar-refractivity contribution < 1.29 is 5.11 Å². The van der Waals surface area contributed by atoms with E-state index in [-0.39, 0.29) is 6.10 Å². The summed E-state index contributed by atoms with van der Waals surface area (Å²) in [6.07, 6.45) is 3.59. The summed E-state index contributed by atoms with van der Waals surface area (Å²) in [7, 11) is 0. The topological polar surface area (TPSA) is 20.2 Å². The zero-order chi connectivity index (χ0) is 11.1. The number of rotatable bonds is 6. The van der Waals surface area contributed by atoms with Crippen molar-refractivity contribution >= 4 is 0 Å². The summed E-state index contributed by atoms with van der Waals surface area (Å²) in [6.45, 7) is 6.08. The summed E-state index contributed by atoms with van der Waals surface area (Å²) in [4.78, 5) is 0. The molecule has 1 nitrogen and oxygen atoms in total. The van der Waals surface area contributed by atoms with Crippen molar-refractivity contribution in [3.8, 4) is 0 Å².